The molecule has 3 aromatic heterocycles. The van der Waals surface area contributed by atoms with Gasteiger partial charge in [0.05, 0.1) is 18.5 Å². The maximum Gasteiger partial charge on any atom is 0.143 e. The van der Waals surface area contributed by atoms with Gasteiger partial charge in [-0.15, -0.1) is 11.3 Å². The van der Waals surface area contributed by atoms with Crippen molar-refractivity contribution in [2.45, 2.75) is 18.5 Å². The molecule has 0 radical (unpaired) electrons. The summed E-state index contributed by atoms with van der Waals surface area (Å²) in [6, 6.07) is 53.6. The largest absolute Gasteiger partial charge is 0.455 e. The predicted octanol–water partition coefficient (Wildman–Crippen LogP) is 11.7. The summed E-state index contributed by atoms with van der Waals surface area (Å²) in [6.45, 7) is 0. The molecule has 6 heteroatoms. The second-order valence-corrected chi connectivity index (χ2v) is 14.4. The van der Waals surface area contributed by atoms with Gasteiger partial charge in [-0.3, -0.25) is 16.0 Å². The zero-order valence-electron chi connectivity index (χ0n) is 27.4. The van der Waals surface area contributed by atoms with Gasteiger partial charge in [0, 0.05) is 58.4 Å². The van der Waals surface area contributed by atoms with E-state index in [9.17, 15) is 0 Å². The van der Waals surface area contributed by atoms with E-state index in [0.717, 1.165) is 60.6 Å². The van der Waals surface area contributed by atoms with Crippen LogP contribution < -0.4 is 16.0 Å². The summed E-state index contributed by atoms with van der Waals surface area (Å²) in [5.41, 5.74) is 9.07. The molecule has 10 aromatic rings. The van der Waals surface area contributed by atoms with Crippen LogP contribution in [0.15, 0.2) is 160 Å². The number of thiophene rings is 1. The second-order valence-electron chi connectivity index (χ2n) is 13.4. The number of benzene rings is 7. The van der Waals surface area contributed by atoms with Crippen molar-refractivity contribution in [3.8, 4) is 11.1 Å². The van der Waals surface area contributed by atoms with E-state index in [-0.39, 0.29) is 18.5 Å². The van der Waals surface area contributed by atoms with Crippen molar-refractivity contribution in [3.63, 3.8) is 0 Å². The Labute approximate surface area is 297 Å². The van der Waals surface area contributed by atoms with Crippen LogP contribution in [0.5, 0.6) is 0 Å². The lowest BCUT2D eigenvalue weighted by molar-refractivity contribution is 0.204. The van der Waals surface area contributed by atoms with Crippen LogP contribution in [0.25, 0.3) is 75.2 Å². The van der Waals surface area contributed by atoms with E-state index < -0.39 is 0 Å². The third kappa shape index (κ3) is 4.58. The highest BCUT2D eigenvalue weighted by Crippen LogP contribution is 2.43. The van der Waals surface area contributed by atoms with Crippen molar-refractivity contribution in [1.29, 1.82) is 0 Å². The molecule has 11 rings (SSSR count). The normalized spacial score (nSPS) is 18.2. The molecule has 0 amide bonds. The van der Waals surface area contributed by atoms with E-state index in [1.54, 1.807) is 0 Å². The van der Waals surface area contributed by atoms with Crippen molar-refractivity contribution < 1.29 is 8.83 Å². The number of hydrogen-bond donors (Lipinski definition) is 3. The van der Waals surface area contributed by atoms with Crippen LogP contribution in [0.1, 0.15) is 35.2 Å². The molecule has 1 aliphatic rings. The summed E-state index contributed by atoms with van der Waals surface area (Å²) in [4.78, 5) is 0. The van der Waals surface area contributed by atoms with Crippen LogP contribution in [0.2, 0.25) is 0 Å². The van der Waals surface area contributed by atoms with Crippen LogP contribution in [-0.4, -0.2) is 0 Å². The number of furan rings is 2. The first kappa shape index (κ1) is 29.0. The van der Waals surface area contributed by atoms with E-state index >= 15 is 0 Å². The molecule has 3 atom stereocenters. The zero-order valence-corrected chi connectivity index (χ0v) is 28.2. The number of rotatable bonds is 4. The second kappa shape index (κ2) is 11.4. The number of hydrogen-bond acceptors (Lipinski definition) is 6. The Hall–Kier alpha value is -5.76. The highest BCUT2D eigenvalue weighted by atomic mass is 32.1. The van der Waals surface area contributed by atoms with Gasteiger partial charge in [-0.2, -0.15) is 0 Å². The third-order valence-electron chi connectivity index (χ3n) is 10.4. The molecule has 3 N–H and O–H groups in total. The van der Waals surface area contributed by atoms with E-state index in [4.69, 9.17) is 8.83 Å². The van der Waals surface area contributed by atoms with Crippen molar-refractivity contribution >= 4 is 75.4 Å². The van der Waals surface area contributed by atoms with E-state index in [1.165, 1.54) is 31.3 Å². The molecule has 0 bridgehead atoms. The molecule has 0 spiro atoms. The highest BCUT2D eigenvalue weighted by Gasteiger charge is 2.31. The van der Waals surface area contributed by atoms with Gasteiger partial charge < -0.3 is 8.83 Å². The molecule has 0 saturated carbocycles. The number of nitrogens with one attached hydrogen (secondary N) is 3. The van der Waals surface area contributed by atoms with Gasteiger partial charge in [-0.25, -0.2) is 0 Å². The first-order valence-corrected chi connectivity index (χ1v) is 18.2. The van der Waals surface area contributed by atoms with Crippen molar-refractivity contribution in [2.24, 2.45) is 0 Å². The van der Waals surface area contributed by atoms with E-state index in [2.05, 4.69) is 155 Å². The molecule has 7 aromatic carbocycles. The minimum Gasteiger partial charge on any atom is -0.455 e. The molecule has 244 valence electrons. The molecule has 1 aliphatic heterocycles. The average Bonchev–Trinajstić information content (AvgIpc) is 3.89. The van der Waals surface area contributed by atoms with Crippen LogP contribution >= 0.6 is 11.3 Å². The maximum absolute atomic E-state index is 6.80. The summed E-state index contributed by atoms with van der Waals surface area (Å²) < 4.78 is 15.8. The van der Waals surface area contributed by atoms with Gasteiger partial charge in [0.1, 0.15) is 22.3 Å². The summed E-state index contributed by atoms with van der Waals surface area (Å²) in [6.07, 6.45) is -0.317. The van der Waals surface area contributed by atoms with Crippen molar-refractivity contribution in [1.82, 2.24) is 16.0 Å². The topological polar surface area (TPSA) is 62.4 Å². The lowest BCUT2D eigenvalue weighted by Gasteiger charge is -2.39. The fourth-order valence-corrected chi connectivity index (χ4v) is 9.26. The van der Waals surface area contributed by atoms with Crippen LogP contribution in [0.4, 0.5) is 0 Å². The van der Waals surface area contributed by atoms with Crippen molar-refractivity contribution in [3.05, 3.63) is 168 Å². The Balaban J connectivity index is 1.02. The van der Waals surface area contributed by atoms with Gasteiger partial charge >= 0.3 is 0 Å². The summed E-state index contributed by atoms with van der Waals surface area (Å²) in [5, 5.41) is 18.7. The SMILES string of the molecule is c1ccc(C2NC(c3ccc4c(c3)oc3c(-c5cccc6c5oc5ccccc56)cccc34)NC(c3cccc4c3sc3ccccc34)N2)cc1. The number of para-hydroxylation sites is 3. The minimum atomic E-state index is -0.146. The van der Waals surface area contributed by atoms with Gasteiger partial charge in [-0.1, -0.05) is 133 Å². The summed E-state index contributed by atoms with van der Waals surface area (Å²) in [5.74, 6) is 0. The van der Waals surface area contributed by atoms with Crippen molar-refractivity contribution in [2.75, 3.05) is 0 Å². The zero-order chi connectivity index (χ0) is 33.5. The molecular weight excluding hydrogens is 647 g/mol. The molecule has 1 saturated heterocycles. The Kier molecular flexibility index (Phi) is 6.48. The molecule has 1 fully saturated rings. The first-order chi connectivity index (χ1) is 25.3. The Bertz CT molecular complexity index is 2940. The molecule has 3 unspecified atom stereocenters. The fraction of sp³-hybridized carbons (Fsp3) is 0.0667. The van der Waals surface area contributed by atoms with Crippen LogP contribution in [0.3, 0.4) is 0 Å². The lowest BCUT2D eigenvalue weighted by atomic mass is 9.99. The highest BCUT2D eigenvalue weighted by molar-refractivity contribution is 7.26. The monoisotopic (exact) mass is 677 g/mol. The van der Waals surface area contributed by atoms with Crippen LogP contribution in [-0.2, 0) is 0 Å². The minimum absolute atomic E-state index is 0.0747. The first-order valence-electron chi connectivity index (χ1n) is 17.4. The average molecular weight is 678 g/mol. The fourth-order valence-electron chi connectivity index (χ4n) is 8.02. The Morgan fingerprint density at radius 3 is 1.80 bits per heavy atom. The predicted molar refractivity (Wildman–Crippen MR) is 210 cm³/mol. The third-order valence-corrected chi connectivity index (χ3v) is 11.7. The molecular formula is C45H31N3O2S. The molecule has 51 heavy (non-hydrogen) atoms. The molecule has 0 aliphatic carbocycles. The van der Waals surface area contributed by atoms with Crippen LogP contribution in [0, 0.1) is 0 Å². The van der Waals surface area contributed by atoms with Gasteiger partial charge in [0.25, 0.3) is 0 Å². The standard InChI is InChI=1S/C45H31N3O2S/c1-2-11-26(12-3-1)43-46-44(48-45(47-43)36-20-10-19-35-30-14-5-7-22-39(30)51-42(35)36)27-23-24-29-32-16-9-18-34(41(32)50-38(29)25-27)33-17-8-15-31-28-13-4-6-21-37(28)49-40(31)33/h1-25,43-48H. The Morgan fingerprint density at radius 2 is 1.00 bits per heavy atom. The summed E-state index contributed by atoms with van der Waals surface area (Å²) in [7, 11) is 0. The van der Waals surface area contributed by atoms with Gasteiger partial charge in [0.15, 0.2) is 0 Å². The molecule has 4 heterocycles. The molecule has 5 nitrogen and oxygen atoms in total. The maximum atomic E-state index is 6.80. The summed E-state index contributed by atoms with van der Waals surface area (Å²) >= 11 is 1.86. The lowest BCUT2D eigenvalue weighted by Crippen LogP contribution is -2.54. The van der Waals surface area contributed by atoms with Gasteiger partial charge in [-0.05, 0) is 29.3 Å². The quantitative estimate of drug-likeness (QED) is 0.173. The number of fused-ring (bicyclic) bond motifs is 9. The van der Waals surface area contributed by atoms with E-state index in [0.29, 0.717) is 0 Å². The van der Waals surface area contributed by atoms with E-state index in [1.807, 2.05) is 23.5 Å². The Morgan fingerprint density at radius 1 is 0.412 bits per heavy atom. The smallest absolute Gasteiger partial charge is 0.143 e. The van der Waals surface area contributed by atoms with Gasteiger partial charge in [0.2, 0.25) is 0 Å².